The zero-order chi connectivity index (χ0) is 9.31. The predicted molar refractivity (Wildman–Crippen MR) is 53.3 cm³/mol. The fraction of sp³-hybridized carbons (Fsp3) is 0.444. The van der Waals surface area contributed by atoms with E-state index in [-0.39, 0.29) is 0 Å². The smallest absolute Gasteiger partial charge is 0.106 e. The van der Waals surface area contributed by atoms with Gasteiger partial charge in [-0.3, -0.25) is 4.98 Å². The topological polar surface area (TPSA) is 45.2 Å². The molecule has 2 rings (SSSR count). The predicted octanol–water partition coefficient (Wildman–Crippen LogP) is 1.02. The van der Waals surface area contributed by atoms with Crippen molar-refractivity contribution < 1.29 is 5.11 Å². The third-order valence-corrected chi connectivity index (χ3v) is 3.09. The molecule has 0 amide bonds. The van der Waals surface area contributed by atoms with Crippen molar-refractivity contribution in [2.45, 2.75) is 12.0 Å². The second kappa shape index (κ2) is 3.36. The fourth-order valence-electron chi connectivity index (χ4n) is 1.63. The SMILES string of the molecule is OC1(c2cnccc2Br)CCNC1. The maximum absolute atomic E-state index is 10.2. The van der Waals surface area contributed by atoms with Gasteiger partial charge in [-0.15, -0.1) is 0 Å². The highest BCUT2D eigenvalue weighted by atomic mass is 79.9. The number of rotatable bonds is 1. The van der Waals surface area contributed by atoms with E-state index >= 15 is 0 Å². The van der Waals surface area contributed by atoms with Gasteiger partial charge in [-0.2, -0.15) is 0 Å². The molecule has 3 nitrogen and oxygen atoms in total. The molecule has 1 unspecified atom stereocenters. The molecule has 1 aliphatic heterocycles. The van der Waals surface area contributed by atoms with Gasteiger partial charge in [-0.1, -0.05) is 15.9 Å². The summed E-state index contributed by atoms with van der Waals surface area (Å²) in [7, 11) is 0. The number of nitrogens with one attached hydrogen (secondary N) is 1. The van der Waals surface area contributed by atoms with Crippen LogP contribution in [0.1, 0.15) is 12.0 Å². The Bertz CT molecular complexity index is 310. The van der Waals surface area contributed by atoms with E-state index in [1.54, 1.807) is 12.4 Å². The van der Waals surface area contributed by atoms with Crippen molar-refractivity contribution in [2.75, 3.05) is 13.1 Å². The molecule has 0 saturated carbocycles. The lowest BCUT2D eigenvalue weighted by Crippen LogP contribution is -2.28. The third-order valence-electron chi connectivity index (χ3n) is 2.40. The summed E-state index contributed by atoms with van der Waals surface area (Å²) < 4.78 is 0.925. The minimum absolute atomic E-state index is 0.608. The highest BCUT2D eigenvalue weighted by Crippen LogP contribution is 2.32. The molecule has 1 aromatic rings. The van der Waals surface area contributed by atoms with E-state index in [4.69, 9.17) is 0 Å². The molecule has 0 spiro atoms. The van der Waals surface area contributed by atoms with Crippen LogP contribution in [0.4, 0.5) is 0 Å². The highest BCUT2D eigenvalue weighted by molar-refractivity contribution is 9.10. The summed E-state index contributed by atoms with van der Waals surface area (Å²) in [6.07, 6.45) is 4.17. The van der Waals surface area contributed by atoms with E-state index in [1.807, 2.05) is 6.07 Å². The summed E-state index contributed by atoms with van der Waals surface area (Å²) >= 11 is 3.41. The van der Waals surface area contributed by atoms with Crippen LogP contribution >= 0.6 is 15.9 Å². The second-order valence-corrected chi connectivity index (χ2v) is 4.17. The van der Waals surface area contributed by atoms with Crippen LogP contribution in [0.2, 0.25) is 0 Å². The molecule has 0 bridgehead atoms. The Hall–Kier alpha value is -0.450. The van der Waals surface area contributed by atoms with Gasteiger partial charge in [-0.05, 0) is 19.0 Å². The minimum atomic E-state index is -0.743. The molecule has 2 N–H and O–H groups in total. The lowest BCUT2D eigenvalue weighted by molar-refractivity contribution is 0.0576. The summed E-state index contributed by atoms with van der Waals surface area (Å²) in [6, 6.07) is 1.85. The van der Waals surface area contributed by atoms with Crippen LogP contribution in [0.5, 0.6) is 0 Å². The van der Waals surface area contributed by atoms with Gasteiger partial charge in [0, 0.05) is 29.0 Å². The molecular formula is C9H11BrN2O. The first-order valence-electron chi connectivity index (χ1n) is 4.25. The number of aromatic nitrogens is 1. The molecule has 1 atom stereocenters. The number of hydrogen-bond acceptors (Lipinski definition) is 3. The first-order valence-corrected chi connectivity index (χ1v) is 5.05. The Kier molecular flexibility index (Phi) is 2.36. The summed E-state index contributed by atoms with van der Waals surface area (Å²) in [5.41, 5.74) is 0.132. The molecule has 1 saturated heterocycles. The summed E-state index contributed by atoms with van der Waals surface area (Å²) in [6.45, 7) is 1.47. The molecule has 1 aliphatic rings. The number of nitrogens with zero attached hydrogens (tertiary/aromatic N) is 1. The third kappa shape index (κ3) is 1.61. The van der Waals surface area contributed by atoms with Crippen molar-refractivity contribution in [1.29, 1.82) is 0 Å². The van der Waals surface area contributed by atoms with Crippen molar-refractivity contribution in [3.8, 4) is 0 Å². The van der Waals surface area contributed by atoms with Crippen LogP contribution in [0.15, 0.2) is 22.9 Å². The molecular weight excluding hydrogens is 232 g/mol. The largest absolute Gasteiger partial charge is 0.384 e. The van der Waals surface area contributed by atoms with Crippen LogP contribution in [0, 0.1) is 0 Å². The Morgan fingerprint density at radius 1 is 1.62 bits per heavy atom. The first kappa shape index (κ1) is 9.12. The maximum Gasteiger partial charge on any atom is 0.106 e. The average molecular weight is 243 g/mol. The van der Waals surface area contributed by atoms with E-state index in [2.05, 4.69) is 26.2 Å². The molecule has 0 aliphatic carbocycles. The number of aliphatic hydroxyl groups is 1. The number of halogens is 1. The van der Waals surface area contributed by atoms with Gasteiger partial charge in [0.05, 0.1) is 0 Å². The normalized spacial score (nSPS) is 27.8. The molecule has 2 heterocycles. The van der Waals surface area contributed by atoms with E-state index in [0.29, 0.717) is 6.54 Å². The van der Waals surface area contributed by atoms with Gasteiger partial charge in [0.15, 0.2) is 0 Å². The fourth-order valence-corrected chi connectivity index (χ4v) is 2.22. The summed E-state index contributed by atoms with van der Waals surface area (Å²) in [5, 5.41) is 13.4. The standard InChI is InChI=1S/C9H11BrN2O/c10-8-1-3-11-5-7(8)9(13)2-4-12-6-9/h1,3,5,12-13H,2,4,6H2. The molecule has 13 heavy (non-hydrogen) atoms. The van der Waals surface area contributed by atoms with Crippen molar-refractivity contribution in [1.82, 2.24) is 10.3 Å². The van der Waals surface area contributed by atoms with E-state index in [1.165, 1.54) is 0 Å². The molecule has 0 radical (unpaired) electrons. The summed E-state index contributed by atoms with van der Waals surface area (Å²) in [5.74, 6) is 0. The van der Waals surface area contributed by atoms with Gasteiger partial charge in [0.25, 0.3) is 0 Å². The first-order chi connectivity index (χ1) is 6.22. The minimum Gasteiger partial charge on any atom is -0.384 e. The van der Waals surface area contributed by atoms with Crippen LogP contribution in [-0.2, 0) is 5.60 Å². The molecule has 1 aromatic heterocycles. The molecule has 1 fully saturated rings. The van der Waals surface area contributed by atoms with Gasteiger partial charge in [0.1, 0.15) is 5.60 Å². The van der Waals surface area contributed by atoms with Gasteiger partial charge >= 0.3 is 0 Å². The number of hydrogen-bond donors (Lipinski definition) is 2. The van der Waals surface area contributed by atoms with Crippen molar-refractivity contribution >= 4 is 15.9 Å². The van der Waals surface area contributed by atoms with Gasteiger partial charge in [-0.25, -0.2) is 0 Å². The van der Waals surface area contributed by atoms with E-state index in [0.717, 1.165) is 23.0 Å². The van der Waals surface area contributed by atoms with Crippen LogP contribution < -0.4 is 5.32 Å². The zero-order valence-corrected chi connectivity index (χ0v) is 8.71. The Morgan fingerprint density at radius 2 is 2.46 bits per heavy atom. The maximum atomic E-state index is 10.2. The second-order valence-electron chi connectivity index (χ2n) is 3.31. The lowest BCUT2D eigenvalue weighted by atomic mass is 9.95. The van der Waals surface area contributed by atoms with Crippen molar-refractivity contribution in [3.05, 3.63) is 28.5 Å². The lowest BCUT2D eigenvalue weighted by Gasteiger charge is -2.22. The highest BCUT2D eigenvalue weighted by Gasteiger charge is 2.34. The van der Waals surface area contributed by atoms with Gasteiger partial charge in [0.2, 0.25) is 0 Å². The number of pyridine rings is 1. The summed E-state index contributed by atoms with van der Waals surface area (Å²) in [4.78, 5) is 4.02. The van der Waals surface area contributed by atoms with Crippen LogP contribution in [0.25, 0.3) is 0 Å². The van der Waals surface area contributed by atoms with Gasteiger partial charge < -0.3 is 10.4 Å². The van der Waals surface area contributed by atoms with E-state index in [9.17, 15) is 5.11 Å². The Labute approximate surface area is 85.3 Å². The molecule has 4 heteroatoms. The van der Waals surface area contributed by atoms with Crippen molar-refractivity contribution in [2.24, 2.45) is 0 Å². The van der Waals surface area contributed by atoms with Crippen LogP contribution in [-0.4, -0.2) is 23.2 Å². The molecule has 0 aromatic carbocycles. The zero-order valence-electron chi connectivity index (χ0n) is 7.13. The number of β-amino-alcohol motifs (C(OH)–C–C–N with tert-alkyl or cyclic N) is 1. The molecule has 70 valence electrons. The Balaban J connectivity index is 2.39. The average Bonchev–Trinajstić information content (AvgIpc) is 2.54. The van der Waals surface area contributed by atoms with E-state index < -0.39 is 5.60 Å². The quantitative estimate of drug-likeness (QED) is 0.774. The van der Waals surface area contributed by atoms with Crippen molar-refractivity contribution in [3.63, 3.8) is 0 Å². The monoisotopic (exact) mass is 242 g/mol. The Morgan fingerprint density at radius 3 is 3.08 bits per heavy atom. The van der Waals surface area contributed by atoms with Crippen LogP contribution in [0.3, 0.4) is 0 Å².